The van der Waals surface area contributed by atoms with E-state index < -0.39 is 0 Å². The highest BCUT2D eigenvalue weighted by Gasteiger charge is 2.20. The zero-order chi connectivity index (χ0) is 25.3. The van der Waals surface area contributed by atoms with Crippen LogP contribution in [-0.2, 0) is 4.79 Å². The summed E-state index contributed by atoms with van der Waals surface area (Å²) in [6.07, 6.45) is 0. The zero-order valence-electron chi connectivity index (χ0n) is 20.0. The molecule has 0 saturated carbocycles. The summed E-state index contributed by atoms with van der Waals surface area (Å²) in [5.41, 5.74) is 2.53. The predicted octanol–water partition coefficient (Wildman–Crippen LogP) is 6.41. The number of nitrogens with one attached hydrogen (secondary N) is 1. The molecule has 7 heteroatoms. The van der Waals surface area contributed by atoms with Gasteiger partial charge in [0.15, 0.2) is 0 Å². The van der Waals surface area contributed by atoms with Gasteiger partial charge >= 0.3 is 0 Å². The van der Waals surface area contributed by atoms with Crippen LogP contribution in [0.1, 0.15) is 10.4 Å². The molecular weight excluding hydrogens is 472 g/mol. The lowest BCUT2D eigenvalue weighted by Crippen LogP contribution is -2.27. The van der Waals surface area contributed by atoms with Gasteiger partial charge in [0, 0.05) is 22.0 Å². The van der Waals surface area contributed by atoms with E-state index in [4.69, 9.17) is 9.47 Å². The number of carbonyl (C=O) groups excluding carboxylic acids is 2. The van der Waals surface area contributed by atoms with Gasteiger partial charge in [-0.25, -0.2) is 0 Å². The Kier molecular flexibility index (Phi) is 8.26. The van der Waals surface area contributed by atoms with Crippen LogP contribution >= 0.6 is 11.8 Å². The topological polar surface area (TPSA) is 67.9 Å². The van der Waals surface area contributed by atoms with Gasteiger partial charge in [0.05, 0.1) is 20.0 Å². The molecule has 0 heterocycles. The van der Waals surface area contributed by atoms with E-state index in [1.807, 2.05) is 78.9 Å². The van der Waals surface area contributed by atoms with Gasteiger partial charge in [-0.2, -0.15) is 0 Å². The molecule has 0 atom stereocenters. The summed E-state index contributed by atoms with van der Waals surface area (Å²) in [5.74, 6) is 0.670. The average molecular weight is 499 g/mol. The Morgan fingerprint density at radius 1 is 0.750 bits per heavy atom. The first-order valence-corrected chi connectivity index (χ1v) is 12.3. The fraction of sp³-hybridized carbons (Fsp3) is 0.103. The summed E-state index contributed by atoms with van der Waals surface area (Å²) in [4.78, 5) is 28.9. The van der Waals surface area contributed by atoms with Crippen molar-refractivity contribution in [3.8, 4) is 11.5 Å². The SMILES string of the molecule is COc1cccc(OC)c1C(=O)Nc1cccc(SCC(=O)N(c2ccccc2)c2ccccc2)c1. The second-order valence-corrected chi connectivity index (χ2v) is 8.76. The molecule has 0 unspecified atom stereocenters. The standard InChI is InChI=1S/C29H26N2O4S/c1-34-25-17-10-18-26(35-2)28(25)29(33)30-21-11-9-16-24(19-21)36-20-27(32)31(22-12-5-3-6-13-22)23-14-7-4-8-15-23/h3-19H,20H2,1-2H3,(H,30,33). The van der Waals surface area contributed by atoms with E-state index in [0.717, 1.165) is 16.3 Å². The summed E-state index contributed by atoms with van der Waals surface area (Å²) in [6, 6.07) is 31.7. The normalized spacial score (nSPS) is 10.4. The lowest BCUT2D eigenvalue weighted by atomic mass is 10.1. The van der Waals surface area contributed by atoms with Gasteiger partial charge in [0.25, 0.3) is 5.91 Å². The Balaban J connectivity index is 1.48. The van der Waals surface area contributed by atoms with Gasteiger partial charge in [-0.05, 0) is 54.6 Å². The molecule has 6 nitrogen and oxygen atoms in total. The Morgan fingerprint density at radius 2 is 1.31 bits per heavy atom. The van der Waals surface area contributed by atoms with E-state index in [1.54, 1.807) is 29.2 Å². The molecule has 0 spiro atoms. The van der Waals surface area contributed by atoms with Crippen molar-refractivity contribution in [3.05, 3.63) is 109 Å². The van der Waals surface area contributed by atoms with E-state index >= 15 is 0 Å². The number of carbonyl (C=O) groups is 2. The molecule has 1 N–H and O–H groups in total. The number of nitrogens with zero attached hydrogens (tertiary/aromatic N) is 1. The molecule has 0 aromatic heterocycles. The molecule has 2 amide bonds. The van der Waals surface area contributed by atoms with Crippen LogP contribution in [-0.4, -0.2) is 31.8 Å². The highest BCUT2D eigenvalue weighted by Crippen LogP contribution is 2.31. The van der Waals surface area contributed by atoms with Crippen molar-refractivity contribution in [2.24, 2.45) is 0 Å². The summed E-state index contributed by atoms with van der Waals surface area (Å²) in [5, 5.41) is 2.90. The smallest absolute Gasteiger partial charge is 0.263 e. The second-order valence-electron chi connectivity index (χ2n) is 7.71. The molecule has 0 radical (unpaired) electrons. The van der Waals surface area contributed by atoms with Crippen molar-refractivity contribution in [3.63, 3.8) is 0 Å². The quantitative estimate of drug-likeness (QED) is 0.270. The molecule has 0 fully saturated rings. The average Bonchev–Trinajstić information content (AvgIpc) is 2.93. The fourth-order valence-corrected chi connectivity index (χ4v) is 4.54. The van der Waals surface area contributed by atoms with Crippen molar-refractivity contribution in [2.75, 3.05) is 30.2 Å². The summed E-state index contributed by atoms with van der Waals surface area (Å²) < 4.78 is 10.7. The van der Waals surface area contributed by atoms with Crippen molar-refractivity contribution in [1.29, 1.82) is 0 Å². The highest BCUT2D eigenvalue weighted by atomic mass is 32.2. The first-order valence-electron chi connectivity index (χ1n) is 11.3. The second kappa shape index (κ2) is 12.0. The molecule has 0 aliphatic heterocycles. The molecular formula is C29H26N2O4S. The van der Waals surface area contributed by atoms with Crippen LogP contribution in [0.25, 0.3) is 0 Å². The largest absolute Gasteiger partial charge is 0.496 e. The van der Waals surface area contributed by atoms with Gasteiger partial charge in [-0.3, -0.25) is 14.5 Å². The monoisotopic (exact) mass is 498 g/mol. The molecule has 0 aliphatic carbocycles. The number of anilines is 3. The minimum absolute atomic E-state index is 0.0504. The van der Waals surface area contributed by atoms with Crippen LogP contribution in [0.4, 0.5) is 17.1 Å². The summed E-state index contributed by atoms with van der Waals surface area (Å²) in [6.45, 7) is 0. The lowest BCUT2D eigenvalue weighted by Gasteiger charge is -2.23. The van der Waals surface area contributed by atoms with Gasteiger partial charge in [-0.1, -0.05) is 48.5 Å². The van der Waals surface area contributed by atoms with Crippen molar-refractivity contribution in [1.82, 2.24) is 0 Å². The fourth-order valence-electron chi connectivity index (χ4n) is 3.73. The zero-order valence-corrected chi connectivity index (χ0v) is 20.8. The van der Waals surface area contributed by atoms with Gasteiger partial charge in [0.1, 0.15) is 17.1 Å². The van der Waals surface area contributed by atoms with Gasteiger partial charge < -0.3 is 14.8 Å². The van der Waals surface area contributed by atoms with Crippen LogP contribution in [0.3, 0.4) is 0 Å². The van der Waals surface area contributed by atoms with Crippen LogP contribution in [0.2, 0.25) is 0 Å². The maximum Gasteiger partial charge on any atom is 0.263 e. The molecule has 0 saturated heterocycles. The number of hydrogen-bond acceptors (Lipinski definition) is 5. The minimum atomic E-state index is -0.346. The summed E-state index contributed by atoms with van der Waals surface area (Å²) in [7, 11) is 3.02. The third-order valence-electron chi connectivity index (χ3n) is 5.39. The Labute approximate surface area is 214 Å². The van der Waals surface area contributed by atoms with Crippen LogP contribution in [0.15, 0.2) is 108 Å². The van der Waals surface area contributed by atoms with E-state index in [9.17, 15) is 9.59 Å². The number of rotatable bonds is 9. The molecule has 4 aromatic rings. The maximum absolute atomic E-state index is 13.3. The third-order valence-corrected chi connectivity index (χ3v) is 6.37. The number of methoxy groups -OCH3 is 2. The number of hydrogen-bond donors (Lipinski definition) is 1. The Morgan fingerprint density at radius 3 is 1.86 bits per heavy atom. The van der Waals surface area contributed by atoms with E-state index in [2.05, 4.69) is 5.32 Å². The van der Waals surface area contributed by atoms with Gasteiger partial charge in [-0.15, -0.1) is 11.8 Å². The number of benzene rings is 4. The number of ether oxygens (including phenoxy) is 2. The Bertz CT molecular complexity index is 1270. The molecule has 182 valence electrons. The minimum Gasteiger partial charge on any atom is -0.496 e. The lowest BCUT2D eigenvalue weighted by molar-refractivity contribution is -0.115. The third kappa shape index (κ3) is 5.87. The van der Waals surface area contributed by atoms with Crippen LogP contribution in [0.5, 0.6) is 11.5 Å². The molecule has 4 aromatic carbocycles. The number of amides is 2. The molecule has 0 bridgehead atoms. The predicted molar refractivity (Wildman–Crippen MR) is 145 cm³/mol. The van der Waals surface area contributed by atoms with E-state index in [1.165, 1.54) is 26.0 Å². The first kappa shape index (κ1) is 24.9. The van der Waals surface area contributed by atoms with Crippen molar-refractivity contribution >= 4 is 40.6 Å². The Hall–Kier alpha value is -4.23. The number of para-hydroxylation sites is 2. The maximum atomic E-state index is 13.3. The van der Waals surface area contributed by atoms with E-state index in [0.29, 0.717) is 22.7 Å². The first-order chi connectivity index (χ1) is 17.6. The van der Waals surface area contributed by atoms with E-state index in [-0.39, 0.29) is 17.6 Å². The van der Waals surface area contributed by atoms with Crippen LogP contribution < -0.4 is 19.7 Å². The summed E-state index contributed by atoms with van der Waals surface area (Å²) >= 11 is 1.41. The molecule has 4 rings (SSSR count). The van der Waals surface area contributed by atoms with Crippen molar-refractivity contribution in [2.45, 2.75) is 4.90 Å². The van der Waals surface area contributed by atoms with Gasteiger partial charge in [0.2, 0.25) is 5.91 Å². The number of thioether (sulfide) groups is 1. The highest BCUT2D eigenvalue weighted by molar-refractivity contribution is 8.00. The molecule has 0 aliphatic rings. The van der Waals surface area contributed by atoms with Crippen LogP contribution in [0, 0.1) is 0 Å². The van der Waals surface area contributed by atoms with Crippen molar-refractivity contribution < 1.29 is 19.1 Å². The molecule has 36 heavy (non-hydrogen) atoms.